The molecule has 0 radical (unpaired) electrons. The summed E-state index contributed by atoms with van der Waals surface area (Å²) in [6, 6.07) is 4.34. The van der Waals surface area contributed by atoms with Crippen LogP contribution in [0.4, 0.5) is 0 Å². The van der Waals surface area contributed by atoms with E-state index >= 15 is 0 Å². The maximum absolute atomic E-state index is 5.81. The number of hydrogen-bond donors (Lipinski definition) is 0. The van der Waals surface area contributed by atoms with E-state index in [4.69, 9.17) is 4.42 Å². The van der Waals surface area contributed by atoms with Gasteiger partial charge in [0.25, 0.3) is 0 Å². The molecule has 100 valence electrons. The Bertz CT molecular complexity index is 537. The van der Waals surface area contributed by atoms with Gasteiger partial charge in [-0.2, -0.15) is 0 Å². The average Bonchev–Trinajstić information content (AvgIpc) is 3.09. The summed E-state index contributed by atoms with van der Waals surface area (Å²) in [5, 5.41) is 8.34. The summed E-state index contributed by atoms with van der Waals surface area (Å²) < 4.78 is 5.81. The molecule has 0 unspecified atom stereocenters. The van der Waals surface area contributed by atoms with Crippen LogP contribution in [0.3, 0.4) is 0 Å². The maximum Gasteiger partial charge on any atom is 0.247 e. The second-order valence-electron chi connectivity index (χ2n) is 5.26. The van der Waals surface area contributed by atoms with Crippen molar-refractivity contribution < 1.29 is 4.42 Å². The van der Waals surface area contributed by atoms with Gasteiger partial charge in [-0.1, -0.05) is 0 Å². The molecule has 3 heterocycles. The van der Waals surface area contributed by atoms with Gasteiger partial charge in [-0.05, 0) is 38.9 Å². The number of rotatable bonds is 3. The zero-order valence-electron chi connectivity index (χ0n) is 11.3. The van der Waals surface area contributed by atoms with Crippen LogP contribution in [-0.4, -0.2) is 39.2 Å². The molecule has 1 aliphatic rings. The fourth-order valence-corrected chi connectivity index (χ4v) is 2.47. The van der Waals surface area contributed by atoms with E-state index in [9.17, 15) is 0 Å². The SMILES string of the molecule is CC(C)N1CC[C@H](c2nnc(-c3ccncc3)o2)C1. The Morgan fingerprint density at radius 3 is 2.74 bits per heavy atom. The predicted molar refractivity (Wildman–Crippen MR) is 71.6 cm³/mol. The van der Waals surface area contributed by atoms with Crippen LogP contribution in [0.2, 0.25) is 0 Å². The number of aromatic nitrogens is 3. The maximum atomic E-state index is 5.81. The predicted octanol–water partition coefficient (Wildman–Crippen LogP) is 2.33. The van der Waals surface area contributed by atoms with E-state index in [0.717, 1.165) is 31.0 Å². The average molecular weight is 258 g/mol. The van der Waals surface area contributed by atoms with Crippen molar-refractivity contribution in [2.75, 3.05) is 13.1 Å². The Kier molecular flexibility index (Phi) is 3.29. The molecule has 0 N–H and O–H groups in total. The first-order chi connectivity index (χ1) is 9.24. The summed E-state index contributed by atoms with van der Waals surface area (Å²) in [4.78, 5) is 6.43. The minimum Gasteiger partial charge on any atom is -0.420 e. The highest BCUT2D eigenvalue weighted by Gasteiger charge is 2.29. The number of likely N-dealkylation sites (tertiary alicyclic amines) is 1. The Morgan fingerprint density at radius 1 is 1.26 bits per heavy atom. The Morgan fingerprint density at radius 2 is 2.05 bits per heavy atom. The summed E-state index contributed by atoms with van der Waals surface area (Å²) in [7, 11) is 0. The molecule has 19 heavy (non-hydrogen) atoms. The second kappa shape index (κ2) is 5.09. The Labute approximate surface area is 112 Å². The van der Waals surface area contributed by atoms with E-state index in [1.165, 1.54) is 0 Å². The first-order valence-electron chi connectivity index (χ1n) is 6.72. The van der Waals surface area contributed by atoms with Gasteiger partial charge in [-0.3, -0.25) is 4.98 Å². The largest absolute Gasteiger partial charge is 0.420 e. The van der Waals surface area contributed by atoms with Gasteiger partial charge in [0.05, 0.1) is 5.92 Å². The molecule has 1 fully saturated rings. The molecular formula is C14H18N4O. The third kappa shape index (κ3) is 2.51. The third-order valence-corrected chi connectivity index (χ3v) is 3.67. The van der Waals surface area contributed by atoms with Crippen LogP contribution in [0.5, 0.6) is 0 Å². The summed E-state index contributed by atoms with van der Waals surface area (Å²) in [5.41, 5.74) is 0.924. The van der Waals surface area contributed by atoms with Gasteiger partial charge < -0.3 is 9.32 Å². The van der Waals surface area contributed by atoms with Crippen LogP contribution in [0.15, 0.2) is 28.9 Å². The number of hydrogen-bond acceptors (Lipinski definition) is 5. The van der Waals surface area contributed by atoms with E-state index in [-0.39, 0.29) is 0 Å². The molecular weight excluding hydrogens is 240 g/mol. The summed E-state index contributed by atoms with van der Waals surface area (Å²) in [5.74, 6) is 1.71. The van der Waals surface area contributed by atoms with Crippen molar-refractivity contribution in [3.63, 3.8) is 0 Å². The topological polar surface area (TPSA) is 55.1 Å². The van der Waals surface area contributed by atoms with Gasteiger partial charge >= 0.3 is 0 Å². The van der Waals surface area contributed by atoms with E-state index in [2.05, 4.69) is 33.9 Å². The van der Waals surface area contributed by atoms with E-state index in [1.54, 1.807) is 12.4 Å². The van der Waals surface area contributed by atoms with Gasteiger partial charge in [0.1, 0.15) is 0 Å². The zero-order chi connectivity index (χ0) is 13.2. The molecule has 5 nitrogen and oxygen atoms in total. The lowest BCUT2D eigenvalue weighted by Crippen LogP contribution is -2.27. The quantitative estimate of drug-likeness (QED) is 0.845. The van der Waals surface area contributed by atoms with Crippen LogP contribution in [-0.2, 0) is 0 Å². The Hall–Kier alpha value is -1.75. The van der Waals surface area contributed by atoms with Gasteiger partial charge in [-0.15, -0.1) is 10.2 Å². The number of pyridine rings is 1. The van der Waals surface area contributed by atoms with Gasteiger partial charge in [0, 0.05) is 30.5 Å². The summed E-state index contributed by atoms with van der Waals surface area (Å²) >= 11 is 0. The highest BCUT2D eigenvalue weighted by molar-refractivity contribution is 5.50. The van der Waals surface area contributed by atoms with Crippen LogP contribution >= 0.6 is 0 Å². The molecule has 3 rings (SSSR count). The van der Waals surface area contributed by atoms with Crippen LogP contribution in [0.25, 0.3) is 11.5 Å². The smallest absolute Gasteiger partial charge is 0.247 e. The van der Waals surface area contributed by atoms with Crippen LogP contribution < -0.4 is 0 Å². The first kappa shape index (κ1) is 12.3. The van der Waals surface area contributed by atoms with Crippen molar-refractivity contribution in [2.45, 2.75) is 32.2 Å². The normalized spacial score (nSPS) is 20.3. The van der Waals surface area contributed by atoms with Crippen molar-refractivity contribution in [1.82, 2.24) is 20.1 Å². The van der Waals surface area contributed by atoms with Gasteiger partial charge in [0.2, 0.25) is 11.8 Å². The number of nitrogens with zero attached hydrogens (tertiary/aromatic N) is 4. The fraction of sp³-hybridized carbons (Fsp3) is 0.500. The van der Waals surface area contributed by atoms with Crippen molar-refractivity contribution in [1.29, 1.82) is 0 Å². The summed E-state index contributed by atoms with van der Waals surface area (Å²) in [6.45, 7) is 6.56. The standard InChI is InChI=1S/C14H18N4O/c1-10(2)18-8-5-12(9-18)14-17-16-13(19-14)11-3-6-15-7-4-11/h3-4,6-7,10,12H,5,8-9H2,1-2H3/t12-/m0/s1. The van der Waals surface area contributed by atoms with E-state index < -0.39 is 0 Å². The Balaban J connectivity index is 1.76. The van der Waals surface area contributed by atoms with Gasteiger partial charge in [-0.25, -0.2) is 0 Å². The lowest BCUT2D eigenvalue weighted by atomic mass is 10.1. The lowest BCUT2D eigenvalue weighted by Gasteiger charge is -2.19. The zero-order valence-corrected chi connectivity index (χ0v) is 11.3. The molecule has 2 aromatic heterocycles. The van der Waals surface area contributed by atoms with Crippen molar-refractivity contribution >= 4 is 0 Å². The lowest BCUT2D eigenvalue weighted by molar-refractivity contribution is 0.269. The second-order valence-corrected chi connectivity index (χ2v) is 5.26. The van der Waals surface area contributed by atoms with Crippen LogP contribution in [0, 0.1) is 0 Å². The highest BCUT2D eigenvalue weighted by atomic mass is 16.4. The van der Waals surface area contributed by atoms with Crippen molar-refractivity contribution in [2.24, 2.45) is 0 Å². The molecule has 2 aromatic rings. The molecule has 0 spiro atoms. The van der Waals surface area contributed by atoms with Crippen LogP contribution in [0.1, 0.15) is 32.1 Å². The van der Waals surface area contributed by atoms with Crippen molar-refractivity contribution in [3.05, 3.63) is 30.4 Å². The third-order valence-electron chi connectivity index (χ3n) is 3.67. The van der Waals surface area contributed by atoms with E-state index in [1.807, 2.05) is 12.1 Å². The molecule has 0 aliphatic carbocycles. The van der Waals surface area contributed by atoms with Gasteiger partial charge in [0.15, 0.2) is 0 Å². The molecule has 0 bridgehead atoms. The molecule has 5 heteroatoms. The highest BCUT2D eigenvalue weighted by Crippen LogP contribution is 2.29. The molecule has 1 atom stereocenters. The minimum atomic E-state index is 0.366. The molecule has 1 aliphatic heterocycles. The van der Waals surface area contributed by atoms with E-state index in [0.29, 0.717) is 17.9 Å². The molecule has 0 saturated carbocycles. The summed E-state index contributed by atoms with van der Waals surface area (Å²) in [6.07, 6.45) is 4.56. The minimum absolute atomic E-state index is 0.366. The monoisotopic (exact) mass is 258 g/mol. The fourth-order valence-electron chi connectivity index (χ4n) is 2.47. The van der Waals surface area contributed by atoms with Crippen molar-refractivity contribution in [3.8, 4) is 11.5 Å². The first-order valence-corrected chi connectivity index (χ1v) is 6.72. The molecule has 0 amide bonds. The molecule has 1 saturated heterocycles. The molecule has 0 aromatic carbocycles.